The Morgan fingerprint density at radius 2 is 1.80 bits per heavy atom. The number of nitrogens with one attached hydrogen (secondary N) is 2. The molecule has 2 rings (SSSR count). The van der Waals surface area contributed by atoms with Crippen LogP contribution in [0.25, 0.3) is 0 Å². The van der Waals surface area contributed by atoms with Crippen LogP contribution >= 0.6 is 24.0 Å². The molecule has 1 fully saturated rings. The van der Waals surface area contributed by atoms with Gasteiger partial charge in [-0.1, -0.05) is 0 Å². The summed E-state index contributed by atoms with van der Waals surface area (Å²) in [6, 6.07) is 0. The molecule has 1 aromatic rings. The molecule has 0 spiro atoms. The number of aliphatic imine (C=N–C) groups is 1. The van der Waals surface area contributed by atoms with Crippen molar-refractivity contribution in [2.75, 3.05) is 52.7 Å². The first-order valence-corrected chi connectivity index (χ1v) is 10.8. The van der Waals surface area contributed by atoms with Gasteiger partial charge in [0.05, 0.1) is 0 Å². The number of hydrogen-bond acceptors (Lipinski definition) is 6. The summed E-state index contributed by atoms with van der Waals surface area (Å²) in [6.07, 6.45) is 4.10. The molecule has 2 heterocycles. The summed E-state index contributed by atoms with van der Waals surface area (Å²) in [5, 5.41) is 15.0. The first-order valence-electron chi connectivity index (χ1n) is 10.8. The Morgan fingerprint density at radius 1 is 1.13 bits per heavy atom. The summed E-state index contributed by atoms with van der Waals surface area (Å²) >= 11 is 0. The maximum atomic E-state index is 5.83. The molecular weight excluding hydrogens is 499 g/mol. The first kappa shape index (κ1) is 27.1. The minimum atomic E-state index is 0. The molecule has 1 saturated heterocycles. The van der Waals surface area contributed by atoms with E-state index in [1.807, 2.05) is 25.5 Å². The summed E-state index contributed by atoms with van der Waals surface area (Å²) in [5.74, 6) is 3.16. The van der Waals surface area contributed by atoms with Crippen molar-refractivity contribution in [1.82, 2.24) is 25.4 Å². The van der Waals surface area contributed by atoms with E-state index < -0.39 is 0 Å². The smallest absolute Gasteiger partial charge is 0.191 e. The summed E-state index contributed by atoms with van der Waals surface area (Å²) in [4.78, 5) is 4.65. The molecule has 0 unspecified atom stereocenters. The van der Waals surface area contributed by atoms with Gasteiger partial charge in [0.1, 0.15) is 12.4 Å². The van der Waals surface area contributed by atoms with Gasteiger partial charge < -0.3 is 29.4 Å². The van der Waals surface area contributed by atoms with Gasteiger partial charge in [0.2, 0.25) is 0 Å². The molecule has 0 amide bonds. The van der Waals surface area contributed by atoms with Crippen molar-refractivity contribution in [1.29, 1.82) is 0 Å². The fourth-order valence-electron chi connectivity index (χ4n) is 2.98. The molecule has 0 aromatic carbocycles. The topological polar surface area (TPSA) is 94.8 Å². The predicted octanol–water partition coefficient (Wildman–Crippen LogP) is 2.04. The third kappa shape index (κ3) is 10.9. The van der Waals surface area contributed by atoms with Crippen LogP contribution in [-0.4, -0.2) is 73.5 Å². The van der Waals surface area contributed by atoms with E-state index in [1.54, 1.807) is 0 Å². The quantitative estimate of drug-likeness (QED) is 0.172. The van der Waals surface area contributed by atoms with E-state index in [0.29, 0.717) is 12.5 Å². The molecule has 0 saturated carbocycles. The fraction of sp³-hybridized carbons (Fsp3) is 0.850. The van der Waals surface area contributed by atoms with Crippen LogP contribution in [0.3, 0.4) is 0 Å². The summed E-state index contributed by atoms with van der Waals surface area (Å²) in [5.41, 5.74) is 0. The van der Waals surface area contributed by atoms with Crippen molar-refractivity contribution in [2.45, 2.75) is 46.1 Å². The molecule has 1 aliphatic rings. The highest BCUT2D eigenvalue weighted by Gasteiger charge is 2.13. The molecule has 1 aromatic heterocycles. The second-order valence-electron chi connectivity index (χ2n) is 7.28. The van der Waals surface area contributed by atoms with Gasteiger partial charge in [-0.05, 0) is 45.4 Å². The molecule has 0 aliphatic carbocycles. The van der Waals surface area contributed by atoms with Crippen molar-refractivity contribution in [3.8, 4) is 0 Å². The monoisotopic (exact) mass is 538 g/mol. The number of ether oxygens (including phenoxy) is 3. The average Bonchev–Trinajstić information content (AvgIpc) is 3.06. The van der Waals surface area contributed by atoms with Gasteiger partial charge in [0.15, 0.2) is 11.8 Å². The molecule has 9 nitrogen and oxygen atoms in total. The van der Waals surface area contributed by atoms with Crippen LogP contribution in [0.15, 0.2) is 4.99 Å². The Morgan fingerprint density at radius 3 is 2.40 bits per heavy atom. The van der Waals surface area contributed by atoms with Gasteiger partial charge in [0, 0.05) is 59.8 Å². The van der Waals surface area contributed by atoms with E-state index in [0.717, 1.165) is 96.0 Å². The number of aromatic nitrogens is 3. The van der Waals surface area contributed by atoms with Crippen molar-refractivity contribution in [3.63, 3.8) is 0 Å². The highest BCUT2D eigenvalue weighted by molar-refractivity contribution is 14.0. The number of halogens is 1. The molecule has 30 heavy (non-hydrogen) atoms. The second kappa shape index (κ2) is 16.7. The van der Waals surface area contributed by atoms with E-state index in [-0.39, 0.29) is 24.0 Å². The van der Waals surface area contributed by atoms with Crippen LogP contribution in [0.4, 0.5) is 0 Å². The third-order valence-electron chi connectivity index (χ3n) is 4.98. The van der Waals surface area contributed by atoms with Crippen molar-refractivity contribution < 1.29 is 14.2 Å². The maximum absolute atomic E-state index is 5.83. The third-order valence-corrected chi connectivity index (χ3v) is 4.98. The Hall–Kier alpha value is -0.980. The lowest BCUT2D eigenvalue weighted by molar-refractivity contribution is 0.0203. The van der Waals surface area contributed by atoms with Gasteiger partial charge in [-0.3, -0.25) is 0 Å². The Labute approximate surface area is 197 Å². The lowest BCUT2D eigenvalue weighted by Crippen LogP contribution is -2.39. The van der Waals surface area contributed by atoms with Crippen LogP contribution in [0.5, 0.6) is 0 Å². The van der Waals surface area contributed by atoms with Gasteiger partial charge >= 0.3 is 0 Å². The zero-order chi connectivity index (χ0) is 20.7. The minimum Gasteiger partial charge on any atom is -0.382 e. The van der Waals surface area contributed by atoms with Crippen molar-refractivity contribution >= 4 is 29.9 Å². The SMILES string of the molecule is CCOCCCNC(=NCc1nnc(C)n1C)NCCCOCC1CCOCC1.I. The number of aryl methyl sites for hydroxylation is 1. The molecule has 0 bridgehead atoms. The number of nitrogens with zero attached hydrogens (tertiary/aromatic N) is 4. The lowest BCUT2D eigenvalue weighted by Gasteiger charge is -2.21. The van der Waals surface area contributed by atoms with E-state index in [4.69, 9.17) is 14.2 Å². The van der Waals surface area contributed by atoms with Crippen LogP contribution in [0.1, 0.15) is 44.3 Å². The highest BCUT2D eigenvalue weighted by Crippen LogP contribution is 2.14. The molecule has 0 atom stereocenters. The molecular formula is C20H39IN6O3. The summed E-state index contributed by atoms with van der Waals surface area (Å²) < 4.78 is 18.6. The van der Waals surface area contributed by atoms with Gasteiger partial charge in [0.25, 0.3) is 0 Å². The fourth-order valence-corrected chi connectivity index (χ4v) is 2.98. The van der Waals surface area contributed by atoms with E-state index >= 15 is 0 Å². The Kier molecular flexibility index (Phi) is 15.0. The Bertz CT molecular complexity index is 593. The first-order chi connectivity index (χ1) is 14.2. The standard InChI is InChI=1S/C20H38N6O3.HI/c1-4-27-11-5-9-21-20(23-15-19-25-24-17(2)26(19)3)22-10-6-12-29-16-18-7-13-28-14-8-18;/h18H,4-16H2,1-3H3,(H2,21,22,23);1H. The number of guanidine groups is 1. The molecule has 174 valence electrons. The van der Waals surface area contributed by atoms with Gasteiger partial charge in [-0.15, -0.1) is 34.2 Å². The predicted molar refractivity (Wildman–Crippen MR) is 128 cm³/mol. The van der Waals surface area contributed by atoms with Gasteiger partial charge in [-0.2, -0.15) is 0 Å². The maximum Gasteiger partial charge on any atom is 0.191 e. The molecule has 10 heteroatoms. The molecule has 0 radical (unpaired) electrons. The second-order valence-corrected chi connectivity index (χ2v) is 7.28. The van der Waals surface area contributed by atoms with Crippen LogP contribution in [0, 0.1) is 12.8 Å². The van der Waals surface area contributed by atoms with Crippen LogP contribution < -0.4 is 10.6 Å². The van der Waals surface area contributed by atoms with Gasteiger partial charge in [-0.25, -0.2) is 4.99 Å². The zero-order valence-electron chi connectivity index (χ0n) is 18.7. The lowest BCUT2D eigenvalue weighted by atomic mass is 10.0. The van der Waals surface area contributed by atoms with Crippen molar-refractivity contribution in [2.24, 2.45) is 18.0 Å². The summed E-state index contributed by atoms with van der Waals surface area (Å²) in [7, 11) is 1.96. The largest absolute Gasteiger partial charge is 0.382 e. The average molecular weight is 538 g/mol. The highest BCUT2D eigenvalue weighted by atomic mass is 127. The number of rotatable bonds is 13. The molecule has 1 aliphatic heterocycles. The van der Waals surface area contributed by atoms with Crippen LogP contribution in [-0.2, 0) is 27.8 Å². The van der Waals surface area contributed by atoms with E-state index in [1.165, 1.54) is 0 Å². The number of hydrogen-bond donors (Lipinski definition) is 2. The van der Waals surface area contributed by atoms with E-state index in [2.05, 4.69) is 25.8 Å². The molecule has 2 N–H and O–H groups in total. The van der Waals surface area contributed by atoms with Crippen LogP contribution in [0.2, 0.25) is 0 Å². The minimum absolute atomic E-state index is 0. The van der Waals surface area contributed by atoms with E-state index in [9.17, 15) is 0 Å². The Balaban J connectivity index is 0.00000450. The summed E-state index contributed by atoms with van der Waals surface area (Å²) in [6.45, 7) is 10.9. The zero-order valence-corrected chi connectivity index (χ0v) is 21.0. The van der Waals surface area contributed by atoms with Crippen molar-refractivity contribution in [3.05, 3.63) is 11.6 Å². The normalized spacial score (nSPS) is 15.1.